The molecule has 0 spiro atoms. The number of nitrogens with zero attached hydrogens (tertiary/aromatic N) is 1. The highest BCUT2D eigenvalue weighted by Crippen LogP contribution is 2.24. The predicted molar refractivity (Wildman–Crippen MR) is 105 cm³/mol. The van der Waals surface area contributed by atoms with Gasteiger partial charge in [0.05, 0.1) is 12.1 Å². The van der Waals surface area contributed by atoms with E-state index in [9.17, 15) is 14.0 Å². The third kappa shape index (κ3) is 5.15. The van der Waals surface area contributed by atoms with Crippen LogP contribution >= 0.6 is 23.1 Å². The number of aromatic nitrogens is 1. The van der Waals surface area contributed by atoms with Crippen LogP contribution < -0.4 is 10.9 Å². The minimum absolute atomic E-state index is 0.0311. The third-order valence-corrected chi connectivity index (χ3v) is 5.34. The molecule has 5 nitrogen and oxygen atoms in total. The number of carbonyl (C=O) groups is 2. The Kier molecular flexibility index (Phi) is 6.20. The summed E-state index contributed by atoms with van der Waals surface area (Å²) in [5.41, 5.74) is 6.60. The summed E-state index contributed by atoms with van der Waals surface area (Å²) in [4.78, 5) is 29.5. The van der Waals surface area contributed by atoms with E-state index >= 15 is 0 Å². The van der Waals surface area contributed by atoms with Gasteiger partial charge >= 0.3 is 0 Å². The number of hydrogen-bond acceptors (Lipinski definition) is 5. The Hall–Kier alpha value is -2.71. The Morgan fingerprint density at radius 3 is 2.44 bits per heavy atom. The monoisotopic (exact) mass is 401 g/mol. The van der Waals surface area contributed by atoms with Crippen molar-refractivity contribution in [3.8, 4) is 10.6 Å². The lowest BCUT2D eigenvalue weighted by atomic mass is 10.2. The second-order valence-corrected chi connectivity index (χ2v) is 7.30. The van der Waals surface area contributed by atoms with E-state index in [-0.39, 0.29) is 24.1 Å². The minimum atomic E-state index is -0.388. The lowest BCUT2D eigenvalue weighted by Crippen LogP contribution is -2.42. The molecule has 0 saturated heterocycles. The Bertz CT molecular complexity index is 940. The van der Waals surface area contributed by atoms with E-state index < -0.39 is 0 Å². The first kappa shape index (κ1) is 19.1. The summed E-state index contributed by atoms with van der Waals surface area (Å²) >= 11 is 2.96. The first-order chi connectivity index (χ1) is 13.0. The first-order valence-electron chi connectivity index (χ1n) is 7.99. The largest absolute Gasteiger partial charge is 0.273 e. The van der Waals surface area contributed by atoms with Crippen LogP contribution in [-0.2, 0) is 11.2 Å². The lowest BCUT2D eigenvalue weighted by Gasteiger charge is -2.07. The molecule has 0 bridgehead atoms. The first-order valence-corrected chi connectivity index (χ1v) is 10.1. The van der Waals surface area contributed by atoms with Gasteiger partial charge in [-0.3, -0.25) is 20.4 Å². The van der Waals surface area contributed by atoms with E-state index in [0.29, 0.717) is 16.3 Å². The Morgan fingerprint density at radius 1 is 1.07 bits per heavy atom. The summed E-state index contributed by atoms with van der Waals surface area (Å²) in [6, 6.07) is 13.1. The van der Waals surface area contributed by atoms with Crippen molar-refractivity contribution in [1.82, 2.24) is 15.8 Å². The molecule has 27 heavy (non-hydrogen) atoms. The summed E-state index contributed by atoms with van der Waals surface area (Å²) in [6.07, 6.45) is 1.98. The second-order valence-electron chi connectivity index (χ2n) is 5.56. The average Bonchev–Trinajstić information content (AvgIpc) is 3.15. The highest BCUT2D eigenvalue weighted by atomic mass is 32.2. The third-order valence-electron chi connectivity index (χ3n) is 3.65. The van der Waals surface area contributed by atoms with Gasteiger partial charge in [-0.1, -0.05) is 0 Å². The standard InChI is InChI=1S/C19H16FN3O2S2/c1-26-16-8-4-12(5-9-16)18(25)23-22-17(24)10-15-11-27-19(21-15)13-2-6-14(20)7-3-13/h2-9,11H,10H2,1H3,(H,22,24)(H,23,25). The molecule has 2 amide bonds. The van der Waals surface area contributed by atoms with Crippen LogP contribution in [0.2, 0.25) is 0 Å². The molecule has 0 atom stereocenters. The van der Waals surface area contributed by atoms with Crippen molar-refractivity contribution < 1.29 is 14.0 Å². The Morgan fingerprint density at radius 2 is 1.78 bits per heavy atom. The molecule has 8 heteroatoms. The van der Waals surface area contributed by atoms with Crippen LogP contribution in [0.1, 0.15) is 16.1 Å². The average molecular weight is 401 g/mol. The van der Waals surface area contributed by atoms with E-state index in [1.165, 1.54) is 23.5 Å². The fourth-order valence-corrected chi connectivity index (χ4v) is 3.50. The smallest absolute Gasteiger partial charge is 0.269 e. The van der Waals surface area contributed by atoms with Crippen LogP contribution in [0.15, 0.2) is 58.8 Å². The molecular weight excluding hydrogens is 385 g/mol. The number of carbonyl (C=O) groups excluding carboxylic acids is 2. The van der Waals surface area contributed by atoms with E-state index in [0.717, 1.165) is 10.5 Å². The number of amides is 2. The number of nitrogens with one attached hydrogen (secondary N) is 2. The number of thioether (sulfide) groups is 1. The molecule has 0 unspecified atom stereocenters. The van der Waals surface area contributed by atoms with Crippen molar-refractivity contribution in [1.29, 1.82) is 0 Å². The van der Waals surface area contributed by atoms with Crippen molar-refractivity contribution in [2.45, 2.75) is 11.3 Å². The highest BCUT2D eigenvalue weighted by Gasteiger charge is 2.11. The molecule has 3 rings (SSSR count). The Balaban J connectivity index is 1.53. The summed E-state index contributed by atoms with van der Waals surface area (Å²) in [5, 5.41) is 2.47. The van der Waals surface area contributed by atoms with E-state index in [2.05, 4.69) is 15.8 Å². The normalized spacial score (nSPS) is 10.4. The van der Waals surface area contributed by atoms with E-state index in [4.69, 9.17) is 0 Å². The van der Waals surface area contributed by atoms with Crippen LogP contribution in [0.25, 0.3) is 10.6 Å². The van der Waals surface area contributed by atoms with Crippen molar-refractivity contribution in [2.75, 3.05) is 6.26 Å². The maximum absolute atomic E-state index is 13.0. The molecule has 1 aromatic heterocycles. The fraction of sp³-hybridized carbons (Fsp3) is 0.105. The van der Waals surface area contributed by atoms with Gasteiger partial charge in [0.15, 0.2) is 0 Å². The molecule has 0 saturated carbocycles. The summed E-state index contributed by atoms with van der Waals surface area (Å²) < 4.78 is 13.0. The van der Waals surface area contributed by atoms with Gasteiger partial charge in [0.25, 0.3) is 5.91 Å². The van der Waals surface area contributed by atoms with Gasteiger partial charge in [0.1, 0.15) is 10.8 Å². The molecular formula is C19H16FN3O2S2. The van der Waals surface area contributed by atoms with Crippen molar-refractivity contribution in [3.63, 3.8) is 0 Å². The van der Waals surface area contributed by atoms with Gasteiger partial charge in [0.2, 0.25) is 5.91 Å². The quantitative estimate of drug-likeness (QED) is 0.505. The second kappa shape index (κ2) is 8.79. The van der Waals surface area contributed by atoms with Gasteiger partial charge in [-0.2, -0.15) is 0 Å². The highest BCUT2D eigenvalue weighted by molar-refractivity contribution is 7.98. The number of hydrazine groups is 1. The maximum atomic E-state index is 13.0. The molecule has 0 radical (unpaired) electrons. The number of benzene rings is 2. The number of halogens is 1. The molecule has 1 heterocycles. The predicted octanol–water partition coefficient (Wildman–Crippen LogP) is 3.67. The van der Waals surface area contributed by atoms with Crippen LogP contribution in [0, 0.1) is 5.82 Å². The summed E-state index contributed by atoms with van der Waals surface area (Å²) in [7, 11) is 0. The topological polar surface area (TPSA) is 71.1 Å². The summed E-state index contributed by atoms with van der Waals surface area (Å²) in [6.45, 7) is 0. The molecule has 0 aliphatic rings. The van der Waals surface area contributed by atoms with Crippen LogP contribution in [-0.4, -0.2) is 23.1 Å². The van der Waals surface area contributed by atoms with Crippen LogP contribution in [0.4, 0.5) is 4.39 Å². The zero-order valence-electron chi connectivity index (χ0n) is 14.4. The van der Waals surface area contributed by atoms with E-state index in [1.54, 1.807) is 41.4 Å². The van der Waals surface area contributed by atoms with Crippen molar-refractivity contribution in [3.05, 3.63) is 71.0 Å². The number of rotatable bonds is 5. The van der Waals surface area contributed by atoms with Crippen molar-refractivity contribution >= 4 is 34.9 Å². The van der Waals surface area contributed by atoms with Crippen molar-refractivity contribution in [2.24, 2.45) is 0 Å². The lowest BCUT2D eigenvalue weighted by molar-refractivity contribution is -0.121. The van der Waals surface area contributed by atoms with Gasteiger partial charge in [-0.15, -0.1) is 23.1 Å². The number of thiazole rings is 1. The number of hydrogen-bond donors (Lipinski definition) is 2. The van der Waals surface area contributed by atoms with Gasteiger partial charge < -0.3 is 0 Å². The molecule has 0 aliphatic carbocycles. The Labute approximate surface area is 164 Å². The molecule has 2 aromatic carbocycles. The fourth-order valence-electron chi connectivity index (χ4n) is 2.26. The molecule has 3 aromatic rings. The van der Waals surface area contributed by atoms with Crippen LogP contribution in [0.5, 0.6) is 0 Å². The van der Waals surface area contributed by atoms with Gasteiger partial charge in [0, 0.05) is 21.4 Å². The maximum Gasteiger partial charge on any atom is 0.269 e. The zero-order chi connectivity index (χ0) is 19.2. The SMILES string of the molecule is CSc1ccc(C(=O)NNC(=O)Cc2csc(-c3ccc(F)cc3)n2)cc1. The van der Waals surface area contributed by atoms with Gasteiger partial charge in [-0.05, 0) is 54.8 Å². The summed E-state index contributed by atoms with van der Waals surface area (Å²) in [5.74, 6) is -1.07. The molecule has 0 fully saturated rings. The van der Waals surface area contributed by atoms with E-state index in [1.807, 2.05) is 18.4 Å². The molecule has 2 N–H and O–H groups in total. The minimum Gasteiger partial charge on any atom is -0.273 e. The molecule has 138 valence electrons. The van der Waals surface area contributed by atoms with Gasteiger partial charge in [-0.25, -0.2) is 9.37 Å². The molecule has 0 aliphatic heterocycles. The zero-order valence-corrected chi connectivity index (χ0v) is 16.0. The van der Waals surface area contributed by atoms with Crippen LogP contribution in [0.3, 0.4) is 0 Å².